The van der Waals surface area contributed by atoms with Gasteiger partial charge in [0.25, 0.3) is 0 Å². The Hall–Kier alpha value is -0.800. The van der Waals surface area contributed by atoms with Crippen molar-refractivity contribution < 1.29 is 0 Å². The molecule has 0 fully saturated rings. The smallest absolute Gasteiger partial charge is 0.129 e. The van der Waals surface area contributed by atoms with Crippen molar-refractivity contribution in [2.24, 2.45) is 5.73 Å². The van der Waals surface area contributed by atoms with E-state index in [1.54, 1.807) is 6.20 Å². The highest BCUT2D eigenvalue weighted by Gasteiger charge is 2.12. The molecule has 0 spiro atoms. The van der Waals surface area contributed by atoms with Gasteiger partial charge in [-0.15, -0.1) is 0 Å². The summed E-state index contributed by atoms with van der Waals surface area (Å²) < 4.78 is 0. The van der Waals surface area contributed by atoms with Crippen LogP contribution in [0.3, 0.4) is 0 Å². The molecule has 0 aromatic carbocycles. The normalized spacial score (nSPS) is 10.9. The first-order valence-electron chi connectivity index (χ1n) is 5.71. The lowest BCUT2D eigenvalue weighted by Crippen LogP contribution is -2.32. The second-order valence-electron chi connectivity index (χ2n) is 4.13. The number of nitrogens with zero attached hydrogens (tertiary/aromatic N) is 2. The molecule has 4 heteroatoms. The van der Waals surface area contributed by atoms with Crippen molar-refractivity contribution in [3.05, 3.63) is 22.8 Å². The first-order valence-corrected chi connectivity index (χ1v) is 6.09. The van der Waals surface area contributed by atoms with Crippen molar-refractivity contribution in [2.45, 2.75) is 39.8 Å². The van der Waals surface area contributed by atoms with Crippen LogP contribution in [0.15, 0.2) is 12.3 Å². The Balaban J connectivity index is 3.00. The third kappa shape index (κ3) is 3.09. The Kier molecular flexibility index (Phi) is 5.03. The summed E-state index contributed by atoms with van der Waals surface area (Å²) in [6, 6.07) is 2.41. The fourth-order valence-electron chi connectivity index (χ4n) is 1.66. The van der Waals surface area contributed by atoms with Gasteiger partial charge in [-0.3, -0.25) is 0 Å². The third-order valence-corrected chi connectivity index (χ3v) is 2.86. The Morgan fingerprint density at radius 1 is 1.50 bits per heavy atom. The number of anilines is 1. The van der Waals surface area contributed by atoms with Crippen LogP contribution in [0.5, 0.6) is 0 Å². The quantitative estimate of drug-likeness (QED) is 0.862. The Bertz CT molecular complexity index is 339. The van der Waals surface area contributed by atoms with Crippen LogP contribution < -0.4 is 10.6 Å². The van der Waals surface area contributed by atoms with Gasteiger partial charge in [0, 0.05) is 25.3 Å². The van der Waals surface area contributed by atoms with Crippen molar-refractivity contribution in [2.75, 3.05) is 11.4 Å². The average molecular weight is 242 g/mol. The van der Waals surface area contributed by atoms with Gasteiger partial charge in [0.15, 0.2) is 0 Å². The van der Waals surface area contributed by atoms with E-state index in [2.05, 4.69) is 30.7 Å². The molecule has 1 aromatic heterocycles. The maximum atomic E-state index is 6.00. The van der Waals surface area contributed by atoms with Crippen LogP contribution in [0, 0.1) is 0 Å². The fraction of sp³-hybridized carbons (Fsp3) is 0.583. The van der Waals surface area contributed by atoms with Gasteiger partial charge in [0.1, 0.15) is 5.82 Å². The van der Waals surface area contributed by atoms with Crippen molar-refractivity contribution in [1.82, 2.24) is 4.98 Å². The van der Waals surface area contributed by atoms with Crippen LogP contribution in [0.4, 0.5) is 5.82 Å². The minimum absolute atomic E-state index is 0.430. The number of halogens is 1. The fourth-order valence-corrected chi connectivity index (χ4v) is 1.84. The van der Waals surface area contributed by atoms with E-state index in [9.17, 15) is 0 Å². The third-order valence-electron chi connectivity index (χ3n) is 2.52. The van der Waals surface area contributed by atoms with E-state index < -0.39 is 0 Å². The maximum Gasteiger partial charge on any atom is 0.129 e. The van der Waals surface area contributed by atoms with Crippen molar-refractivity contribution in [3.63, 3.8) is 0 Å². The standard InChI is InChI=1S/C12H20ClN3/c1-4-5-16(9(2)3)12-6-10(7-14)11(13)8-15-12/h6,8-9H,4-5,7,14H2,1-3H3. The molecule has 0 bridgehead atoms. The Morgan fingerprint density at radius 3 is 2.69 bits per heavy atom. The van der Waals surface area contributed by atoms with Gasteiger partial charge in [-0.2, -0.15) is 0 Å². The molecule has 2 N–H and O–H groups in total. The molecular weight excluding hydrogens is 222 g/mol. The van der Waals surface area contributed by atoms with E-state index in [1.165, 1.54) is 0 Å². The van der Waals surface area contributed by atoms with Gasteiger partial charge < -0.3 is 10.6 Å². The van der Waals surface area contributed by atoms with Crippen LogP contribution in [0.25, 0.3) is 0 Å². The molecule has 0 unspecified atom stereocenters. The summed E-state index contributed by atoms with van der Waals surface area (Å²) in [5.41, 5.74) is 6.59. The zero-order valence-electron chi connectivity index (χ0n) is 10.2. The molecule has 1 heterocycles. The highest BCUT2D eigenvalue weighted by atomic mass is 35.5. The van der Waals surface area contributed by atoms with E-state index in [-0.39, 0.29) is 0 Å². The summed E-state index contributed by atoms with van der Waals surface area (Å²) in [5.74, 6) is 0.960. The minimum Gasteiger partial charge on any atom is -0.354 e. The topological polar surface area (TPSA) is 42.1 Å². The lowest BCUT2D eigenvalue weighted by molar-refractivity contribution is 0.661. The lowest BCUT2D eigenvalue weighted by atomic mass is 10.2. The molecular formula is C12H20ClN3. The minimum atomic E-state index is 0.430. The van der Waals surface area contributed by atoms with Crippen LogP contribution in [-0.4, -0.2) is 17.6 Å². The second kappa shape index (κ2) is 6.06. The average Bonchev–Trinajstić information content (AvgIpc) is 2.26. The van der Waals surface area contributed by atoms with Crippen LogP contribution in [0.1, 0.15) is 32.8 Å². The monoisotopic (exact) mass is 241 g/mol. The van der Waals surface area contributed by atoms with Gasteiger partial charge >= 0.3 is 0 Å². The van der Waals surface area contributed by atoms with E-state index in [0.29, 0.717) is 17.6 Å². The van der Waals surface area contributed by atoms with Gasteiger partial charge in [0.05, 0.1) is 5.02 Å². The highest BCUT2D eigenvalue weighted by molar-refractivity contribution is 6.31. The molecule has 0 amide bonds. The number of nitrogens with two attached hydrogens (primary N) is 1. The van der Waals surface area contributed by atoms with E-state index in [4.69, 9.17) is 17.3 Å². The molecule has 1 rings (SSSR count). The number of pyridine rings is 1. The first kappa shape index (κ1) is 13.3. The van der Waals surface area contributed by atoms with E-state index >= 15 is 0 Å². The molecule has 0 saturated carbocycles. The molecule has 1 aromatic rings. The van der Waals surface area contributed by atoms with Crippen molar-refractivity contribution >= 4 is 17.4 Å². The second-order valence-corrected chi connectivity index (χ2v) is 4.53. The molecule has 16 heavy (non-hydrogen) atoms. The summed E-state index contributed by atoms with van der Waals surface area (Å²) in [7, 11) is 0. The highest BCUT2D eigenvalue weighted by Crippen LogP contribution is 2.21. The molecule has 0 saturated heterocycles. The number of hydrogen-bond acceptors (Lipinski definition) is 3. The molecule has 0 atom stereocenters. The van der Waals surface area contributed by atoms with Crippen LogP contribution in [-0.2, 0) is 6.54 Å². The summed E-state index contributed by atoms with van der Waals surface area (Å²) in [5, 5.41) is 0.645. The maximum absolute atomic E-state index is 6.00. The summed E-state index contributed by atoms with van der Waals surface area (Å²) in [6.45, 7) is 7.93. The molecule has 0 aliphatic carbocycles. The Labute approximate surface area is 103 Å². The number of rotatable bonds is 5. The van der Waals surface area contributed by atoms with Crippen LogP contribution in [0.2, 0.25) is 5.02 Å². The number of hydrogen-bond donors (Lipinski definition) is 1. The van der Waals surface area contributed by atoms with Crippen molar-refractivity contribution in [3.8, 4) is 0 Å². The van der Waals surface area contributed by atoms with E-state index in [1.807, 2.05) is 6.07 Å². The van der Waals surface area contributed by atoms with Gasteiger partial charge in [-0.1, -0.05) is 18.5 Å². The molecule has 90 valence electrons. The zero-order valence-corrected chi connectivity index (χ0v) is 11.0. The van der Waals surface area contributed by atoms with Gasteiger partial charge in [-0.05, 0) is 31.9 Å². The lowest BCUT2D eigenvalue weighted by Gasteiger charge is -2.27. The van der Waals surface area contributed by atoms with Gasteiger partial charge in [0.2, 0.25) is 0 Å². The zero-order chi connectivity index (χ0) is 12.1. The summed E-state index contributed by atoms with van der Waals surface area (Å²) in [6.07, 6.45) is 2.78. The molecule has 0 aliphatic rings. The molecule has 0 aliphatic heterocycles. The predicted octanol–water partition coefficient (Wildman–Crippen LogP) is 2.82. The number of aromatic nitrogens is 1. The summed E-state index contributed by atoms with van der Waals surface area (Å²) in [4.78, 5) is 6.62. The SMILES string of the molecule is CCCN(c1cc(CN)c(Cl)cn1)C(C)C. The van der Waals surface area contributed by atoms with Crippen molar-refractivity contribution in [1.29, 1.82) is 0 Å². The predicted molar refractivity (Wildman–Crippen MR) is 69.9 cm³/mol. The van der Waals surface area contributed by atoms with E-state index in [0.717, 1.165) is 24.3 Å². The molecule has 0 radical (unpaired) electrons. The Morgan fingerprint density at radius 2 is 2.19 bits per heavy atom. The summed E-state index contributed by atoms with van der Waals surface area (Å²) >= 11 is 6.00. The first-order chi connectivity index (χ1) is 7.60. The van der Waals surface area contributed by atoms with Gasteiger partial charge in [-0.25, -0.2) is 4.98 Å². The molecule has 3 nitrogen and oxygen atoms in total. The largest absolute Gasteiger partial charge is 0.354 e. The van der Waals surface area contributed by atoms with Crippen LogP contribution >= 0.6 is 11.6 Å².